The smallest absolute Gasteiger partial charge is 0.245 e. The first-order valence-corrected chi connectivity index (χ1v) is 8.42. The lowest BCUT2D eigenvalue weighted by Gasteiger charge is -2.27. The van der Waals surface area contributed by atoms with Gasteiger partial charge in [0.05, 0.1) is 12.2 Å². The van der Waals surface area contributed by atoms with E-state index in [2.05, 4.69) is 15.0 Å². The van der Waals surface area contributed by atoms with Crippen LogP contribution in [-0.2, 0) is 17.8 Å². The number of rotatable bonds is 5. The van der Waals surface area contributed by atoms with E-state index in [0.29, 0.717) is 6.54 Å². The lowest BCUT2D eigenvalue weighted by molar-refractivity contribution is -0.131. The van der Waals surface area contributed by atoms with Crippen molar-refractivity contribution in [1.29, 1.82) is 0 Å². The van der Waals surface area contributed by atoms with Crippen LogP contribution < -0.4 is 4.90 Å². The van der Waals surface area contributed by atoms with Crippen LogP contribution in [0.1, 0.15) is 31.0 Å². The number of hydrogen-bond donors (Lipinski definition) is 0. The van der Waals surface area contributed by atoms with Crippen LogP contribution >= 0.6 is 11.3 Å². The van der Waals surface area contributed by atoms with Gasteiger partial charge in [-0.25, -0.2) is 4.98 Å². The third kappa shape index (κ3) is 2.85. The Balaban J connectivity index is 1.70. The molecule has 0 radical (unpaired) electrons. The first kappa shape index (κ1) is 15.0. The van der Waals surface area contributed by atoms with Gasteiger partial charge in [-0.15, -0.1) is 11.3 Å². The standard InChI is InChI=1S/C15H20N4O2S/c1-3-12-11(10-21-17-12)9-18(2)14(20)13-5-4-7-19(13)15-16-6-8-22-15/h6,8,10,13H,3-5,7,9H2,1-2H3. The number of likely N-dealkylation sites (N-methyl/N-ethyl adjacent to an activating group) is 1. The molecule has 1 atom stereocenters. The highest BCUT2D eigenvalue weighted by atomic mass is 32.1. The lowest BCUT2D eigenvalue weighted by atomic mass is 10.1. The van der Waals surface area contributed by atoms with Gasteiger partial charge in [0.25, 0.3) is 0 Å². The molecule has 1 unspecified atom stereocenters. The second kappa shape index (κ2) is 6.48. The number of hydrogen-bond acceptors (Lipinski definition) is 6. The number of carbonyl (C=O) groups excluding carboxylic acids is 1. The summed E-state index contributed by atoms with van der Waals surface area (Å²) in [6, 6.07) is -0.110. The third-order valence-corrected chi connectivity index (χ3v) is 4.86. The zero-order chi connectivity index (χ0) is 15.5. The zero-order valence-electron chi connectivity index (χ0n) is 12.9. The second-order valence-electron chi connectivity index (χ2n) is 5.50. The van der Waals surface area contributed by atoms with Gasteiger partial charge in [-0.1, -0.05) is 12.1 Å². The summed E-state index contributed by atoms with van der Waals surface area (Å²) in [7, 11) is 1.84. The Morgan fingerprint density at radius 1 is 1.59 bits per heavy atom. The largest absolute Gasteiger partial charge is 0.364 e. The van der Waals surface area contributed by atoms with Gasteiger partial charge in [0, 0.05) is 30.7 Å². The fraction of sp³-hybridized carbons (Fsp3) is 0.533. The number of anilines is 1. The molecule has 3 heterocycles. The number of thiazole rings is 1. The summed E-state index contributed by atoms with van der Waals surface area (Å²) >= 11 is 1.58. The topological polar surface area (TPSA) is 62.5 Å². The van der Waals surface area contributed by atoms with Crippen molar-refractivity contribution in [1.82, 2.24) is 15.0 Å². The minimum absolute atomic E-state index is 0.110. The van der Waals surface area contributed by atoms with Crippen molar-refractivity contribution in [3.63, 3.8) is 0 Å². The maximum absolute atomic E-state index is 12.8. The summed E-state index contributed by atoms with van der Waals surface area (Å²) in [4.78, 5) is 21.0. The number of carbonyl (C=O) groups is 1. The van der Waals surface area contributed by atoms with E-state index in [-0.39, 0.29) is 11.9 Å². The van der Waals surface area contributed by atoms with E-state index < -0.39 is 0 Å². The summed E-state index contributed by atoms with van der Waals surface area (Å²) < 4.78 is 5.02. The Bertz CT molecular complexity index is 625. The van der Waals surface area contributed by atoms with Crippen molar-refractivity contribution in [3.8, 4) is 0 Å². The van der Waals surface area contributed by atoms with Crippen LogP contribution in [-0.4, -0.2) is 40.6 Å². The second-order valence-corrected chi connectivity index (χ2v) is 6.37. The lowest BCUT2D eigenvalue weighted by Crippen LogP contribution is -2.44. The van der Waals surface area contributed by atoms with Crippen molar-refractivity contribution < 1.29 is 9.32 Å². The van der Waals surface area contributed by atoms with Crippen molar-refractivity contribution in [2.45, 2.75) is 38.8 Å². The molecule has 1 aliphatic rings. The molecule has 7 heteroatoms. The molecule has 0 aliphatic carbocycles. The van der Waals surface area contributed by atoms with Crippen LogP contribution in [0.4, 0.5) is 5.13 Å². The van der Waals surface area contributed by atoms with Gasteiger partial charge in [0.15, 0.2) is 5.13 Å². The molecule has 0 aromatic carbocycles. The molecule has 0 spiro atoms. The monoisotopic (exact) mass is 320 g/mol. The van der Waals surface area contributed by atoms with Gasteiger partial charge in [0.2, 0.25) is 5.91 Å². The van der Waals surface area contributed by atoms with E-state index in [4.69, 9.17) is 4.52 Å². The van der Waals surface area contributed by atoms with Gasteiger partial charge < -0.3 is 14.3 Å². The summed E-state index contributed by atoms with van der Waals surface area (Å²) in [5.41, 5.74) is 1.90. The zero-order valence-corrected chi connectivity index (χ0v) is 13.7. The maximum Gasteiger partial charge on any atom is 0.245 e. The maximum atomic E-state index is 12.8. The minimum Gasteiger partial charge on any atom is -0.364 e. The van der Waals surface area contributed by atoms with E-state index in [9.17, 15) is 4.79 Å². The summed E-state index contributed by atoms with van der Waals surface area (Å²) in [6.07, 6.45) is 6.14. The number of nitrogens with zero attached hydrogens (tertiary/aromatic N) is 4. The molecule has 0 bridgehead atoms. The van der Waals surface area contributed by atoms with Crippen LogP contribution in [0.2, 0.25) is 0 Å². The molecule has 2 aromatic heterocycles. The van der Waals surface area contributed by atoms with Gasteiger partial charge in [-0.3, -0.25) is 4.79 Å². The Labute approximate surface area is 133 Å². The summed E-state index contributed by atoms with van der Waals surface area (Å²) in [5, 5.41) is 6.85. The van der Waals surface area contributed by atoms with Crippen molar-refractivity contribution in [2.75, 3.05) is 18.5 Å². The third-order valence-electron chi connectivity index (χ3n) is 4.05. The Morgan fingerprint density at radius 2 is 2.45 bits per heavy atom. The molecule has 2 aromatic rings. The molecular formula is C15H20N4O2S. The van der Waals surface area contributed by atoms with Crippen LogP contribution in [0, 0.1) is 0 Å². The van der Waals surface area contributed by atoms with Crippen LogP contribution in [0.25, 0.3) is 0 Å². The highest BCUT2D eigenvalue weighted by Gasteiger charge is 2.34. The summed E-state index contributed by atoms with van der Waals surface area (Å²) in [6.45, 7) is 3.46. The Hall–Kier alpha value is -1.89. The number of aryl methyl sites for hydroxylation is 1. The van der Waals surface area contributed by atoms with E-state index in [1.165, 1.54) is 0 Å². The fourth-order valence-corrected chi connectivity index (χ4v) is 3.62. The quantitative estimate of drug-likeness (QED) is 0.846. The average molecular weight is 320 g/mol. The van der Waals surface area contributed by atoms with Gasteiger partial charge in [-0.05, 0) is 19.3 Å². The molecule has 1 fully saturated rings. The first-order chi connectivity index (χ1) is 10.7. The molecule has 6 nitrogen and oxygen atoms in total. The van der Waals surface area contributed by atoms with Gasteiger partial charge in [-0.2, -0.15) is 0 Å². The molecule has 118 valence electrons. The molecule has 1 saturated heterocycles. The van der Waals surface area contributed by atoms with E-state index in [0.717, 1.165) is 42.2 Å². The number of aromatic nitrogens is 2. The fourth-order valence-electron chi connectivity index (χ4n) is 2.90. The van der Waals surface area contributed by atoms with Crippen LogP contribution in [0.3, 0.4) is 0 Å². The molecule has 1 amide bonds. The van der Waals surface area contributed by atoms with Crippen molar-refractivity contribution in [3.05, 3.63) is 29.1 Å². The van der Waals surface area contributed by atoms with E-state index in [1.54, 1.807) is 28.7 Å². The highest BCUT2D eigenvalue weighted by molar-refractivity contribution is 7.13. The van der Waals surface area contributed by atoms with Crippen molar-refractivity contribution in [2.24, 2.45) is 0 Å². The van der Waals surface area contributed by atoms with Crippen LogP contribution in [0.15, 0.2) is 22.4 Å². The minimum atomic E-state index is -0.110. The molecule has 0 N–H and O–H groups in total. The van der Waals surface area contributed by atoms with Crippen LogP contribution in [0.5, 0.6) is 0 Å². The van der Waals surface area contributed by atoms with Gasteiger partial charge >= 0.3 is 0 Å². The summed E-state index contributed by atoms with van der Waals surface area (Å²) in [5.74, 6) is 0.135. The molecule has 22 heavy (non-hydrogen) atoms. The Morgan fingerprint density at radius 3 is 3.18 bits per heavy atom. The van der Waals surface area contributed by atoms with Crippen molar-refractivity contribution >= 4 is 22.4 Å². The predicted molar refractivity (Wildman–Crippen MR) is 84.8 cm³/mol. The highest BCUT2D eigenvalue weighted by Crippen LogP contribution is 2.28. The molecule has 3 rings (SSSR count). The normalized spacial score (nSPS) is 17.9. The Kier molecular flexibility index (Phi) is 4.42. The first-order valence-electron chi connectivity index (χ1n) is 7.54. The number of amides is 1. The van der Waals surface area contributed by atoms with E-state index >= 15 is 0 Å². The molecule has 0 saturated carbocycles. The van der Waals surface area contributed by atoms with E-state index in [1.807, 2.05) is 19.4 Å². The average Bonchev–Trinajstić information content (AvgIpc) is 3.26. The predicted octanol–water partition coefficient (Wildman–Crippen LogP) is 2.32. The molecule has 1 aliphatic heterocycles. The molecular weight excluding hydrogens is 300 g/mol. The SMILES string of the molecule is CCc1nocc1CN(C)C(=O)C1CCCN1c1nccs1. The van der Waals surface area contributed by atoms with Gasteiger partial charge in [0.1, 0.15) is 12.3 Å².